The van der Waals surface area contributed by atoms with Crippen LogP contribution < -0.4 is 5.32 Å². The fraction of sp³-hybridized carbons (Fsp3) is 0.200. The van der Waals surface area contributed by atoms with Crippen molar-refractivity contribution in [3.05, 3.63) is 74.9 Å². The highest BCUT2D eigenvalue weighted by Crippen LogP contribution is 2.35. The lowest BCUT2D eigenvalue weighted by Gasteiger charge is -2.22. The van der Waals surface area contributed by atoms with Crippen LogP contribution in [-0.2, 0) is 0 Å². The fourth-order valence-electron chi connectivity index (χ4n) is 3.24. The van der Waals surface area contributed by atoms with Gasteiger partial charge in [-0.3, -0.25) is 9.59 Å². The molecule has 1 N–H and O–H groups in total. The van der Waals surface area contributed by atoms with Gasteiger partial charge in [0, 0.05) is 22.8 Å². The maximum atomic E-state index is 13.3. The van der Waals surface area contributed by atoms with E-state index in [4.69, 9.17) is 11.6 Å². The van der Waals surface area contributed by atoms with E-state index >= 15 is 0 Å². The van der Waals surface area contributed by atoms with Crippen molar-refractivity contribution in [2.24, 2.45) is 0 Å². The molecule has 1 aliphatic rings. The molecule has 1 fully saturated rings. The summed E-state index contributed by atoms with van der Waals surface area (Å²) in [6.45, 7) is 0.608. The van der Waals surface area contributed by atoms with E-state index in [1.54, 1.807) is 35.2 Å². The van der Waals surface area contributed by atoms with Crippen LogP contribution in [0.15, 0.2) is 48.5 Å². The zero-order chi connectivity index (χ0) is 20.4. The van der Waals surface area contributed by atoms with Crippen molar-refractivity contribution in [2.45, 2.75) is 18.9 Å². The number of benzene rings is 2. The molecular formula is C20H16ClFN4O2S. The number of hydrogen-bond donors (Lipinski definition) is 1. The number of hydrogen-bond acceptors (Lipinski definition) is 5. The number of aromatic nitrogens is 2. The Hall–Kier alpha value is -2.84. The van der Waals surface area contributed by atoms with Gasteiger partial charge in [0.25, 0.3) is 11.8 Å². The first-order valence-corrected chi connectivity index (χ1v) is 10.2. The van der Waals surface area contributed by atoms with E-state index in [1.807, 2.05) is 0 Å². The topological polar surface area (TPSA) is 75.2 Å². The molecule has 0 radical (unpaired) electrons. The normalized spacial score (nSPS) is 16.1. The molecule has 29 heavy (non-hydrogen) atoms. The van der Waals surface area contributed by atoms with Crippen LogP contribution in [0.1, 0.15) is 44.1 Å². The lowest BCUT2D eigenvalue weighted by atomic mass is 10.1. The SMILES string of the molecule is O=C(Nc1cccc(F)c1)c1nnc([C@H]2CCCN2C(=O)c2ccc(Cl)cc2)s1. The molecule has 0 unspecified atom stereocenters. The summed E-state index contributed by atoms with van der Waals surface area (Å²) in [6.07, 6.45) is 1.59. The van der Waals surface area contributed by atoms with E-state index in [1.165, 1.54) is 18.2 Å². The summed E-state index contributed by atoms with van der Waals surface area (Å²) in [5.74, 6) is -1.01. The standard InChI is InChI=1S/C20H16ClFN4O2S/c21-13-8-6-12(7-9-13)20(28)26-10-2-5-16(26)18-24-25-19(29-18)17(27)23-15-4-1-3-14(22)11-15/h1,3-4,6-9,11,16H,2,5,10H2,(H,23,27)/t16-/m1/s1. The van der Waals surface area contributed by atoms with Crippen LogP contribution >= 0.6 is 22.9 Å². The molecule has 4 rings (SSSR count). The molecule has 0 saturated carbocycles. The molecule has 148 valence electrons. The number of anilines is 1. The first-order chi connectivity index (χ1) is 14.0. The van der Waals surface area contributed by atoms with Gasteiger partial charge in [0.05, 0.1) is 6.04 Å². The van der Waals surface area contributed by atoms with Crippen molar-refractivity contribution >= 4 is 40.4 Å². The van der Waals surface area contributed by atoms with Gasteiger partial charge in [-0.2, -0.15) is 0 Å². The Labute approximate surface area is 175 Å². The van der Waals surface area contributed by atoms with Crippen LogP contribution in [0.5, 0.6) is 0 Å². The van der Waals surface area contributed by atoms with E-state index < -0.39 is 11.7 Å². The van der Waals surface area contributed by atoms with Crippen molar-refractivity contribution in [2.75, 3.05) is 11.9 Å². The van der Waals surface area contributed by atoms with Gasteiger partial charge in [-0.15, -0.1) is 10.2 Å². The number of carbonyl (C=O) groups is 2. The molecule has 3 aromatic rings. The summed E-state index contributed by atoms with van der Waals surface area (Å²) in [5.41, 5.74) is 0.891. The van der Waals surface area contributed by atoms with Crippen LogP contribution in [-0.4, -0.2) is 33.5 Å². The second-order valence-electron chi connectivity index (χ2n) is 6.57. The third-order valence-electron chi connectivity index (χ3n) is 4.61. The lowest BCUT2D eigenvalue weighted by Crippen LogP contribution is -2.30. The van der Waals surface area contributed by atoms with Gasteiger partial charge >= 0.3 is 0 Å². The summed E-state index contributed by atoms with van der Waals surface area (Å²) in [6, 6.07) is 12.1. The smallest absolute Gasteiger partial charge is 0.286 e. The highest BCUT2D eigenvalue weighted by Gasteiger charge is 2.33. The van der Waals surface area contributed by atoms with E-state index in [0.717, 1.165) is 24.2 Å². The van der Waals surface area contributed by atoms with Gasteiger partial charge in [-0.05, 0) is 55.3 Å². The Morgan fingerprint density at radius 2 is 1.97 bits per heavy atom. The average Bonchev–Trinajstić information content (AvgIpc) is 3.37. The molecule has 1 aliphatic heterocycles. The van der Waals surface area contributed by atoms with Crippen LogP contribution in [0.4, 0.5) is 10.1 Å². The van der Waals surface area contributed by atoms with Gasteiger partial charge in [-0.25, -0.2) is 4.39 Å². The molecule has 2 amide bonds. The molecule has 1 saturated heterocycles. The molecule has 9 heteroatoms. The maximum absolute atomic E-state index is 13.3. The molecule has 0 spiro atoms. The number of nitrogens with one attached hydrogen (secondary N) is 1. The summed E-state index contributed by atoms with van der Waals surface area (Å²) in [7, 11) is 0. The predicted octanol–water partition coefficient (Wildman–Crippen LogP) is 4.56. The highest BCUT2D eigenvalue weighted by atomic mass is 35.5. The minimum atomic E-state index is -0.465. The summed E-state index contributed by atoms with van der Waals surface area (Å²) in [4.78, 5) is 27.0. The third kappa shape index (κ3) is 4.28. The fourth-order valence-corrected chi connectivity index (χ4v) is 4.25. The van der Waals surface area contributed by atoms with Crippen molar-refractivity contribution < 1.29 is 14.0 Å². The quantitative estimate of drug-likeness (QED) is 0.658. The van der Waals surface area contributed by atoms with E-state index in [-0.39, 0.29) is 17.0 Å². The molecule has 0 bridgehead atoms. The summed E-state index contributed by atoms with van der Waals surface area (Å²) < 4.78 is 13.3. The first kappa shape index (κ1) is 19.5. The van der Waals surface area contributed by atoms with Gasteiger partial charge in [0.2, 0.25) is 5.01 Å². The van der Waals surface area contributed by atoms with Crippen molar-refractivity contribution in [3.63, 3.8) is 0 Å². The van der Waals surface area contributed by atoms with Crippen LogP contribution in [0.2, 0.25) is 5.02 Å². The molecule has 2 heterocycles. The predicted molar refractivity (Wildman–Crippen MR) is 109 cm³/mol. The van der Waals surface area contributed by atoms with Crippen LogP contribution in [0.25, 0.3) is 0 Å². The molecule has 2 aromatic carbocycles. The first-order valence-electron chi connectivity index (χ1n) is 8.98. The Morgan fingerprint density at radius 1 is 1.17 bits per heavy atom. The molecule has 1 aromatic heterocycles. The number of rotatable bonds is 4. The third-order valence-corrected chi connectivity index (χ3v) is 5.88. The minimum Gasteiger partial charge on any atom is -0.329 e. The van der Waals surface area contributed by atoms with Crippen LogP contribution in [0, 0.1) is 5.82 Å². The van der Waals surface area contributed by atoms with Crippen molar-refractivity contribution in [1.29, 1.82) is 0 Å². The van der Waals surface area contributed by atoms with Gasteiger partial charge in [0.1, 0.15) is 10.8 Å². The molecule has 1 atom stereocenters. The van der Waals surface area contributed by atoms with Crippen LogP contribution in [0.3, 0.4) is 0 Å². The summed E-state index contributed by atoms with van der Waals surface area (Å²) in [5, 5.41) is 12.0. The zero-order valence-electron chi connectivity index (χ0n) is 15.1. The number of nitrogens with zero attached hydrogens (tertiary/aromatic N) is 3. The largest absolute Gasteiger partial charge is 0.329 e. The van der Waals surface area contributed by atoms with E-state index in [9.17, 15) is 14.0 Å². The highest BCUT2D eigenvalue weighted by molar-refractivity contribution is 7.13. The Bertz CT molecular complexity index is 1060. The number of carbonyl (C=O) groups excluding carboxylic acids is 2. The molecule has 6 nitrogen and oxygen atoms in total. The Kier molecular flexibility index (Phi) is 5.55. The number of halogens is 2. The Morgan fingerprint density at radius 3 is 2.72 bits per heavy atom. The number of likely N-dealkylation sites (tertiary alicyclic amines) is 1. The second kappa shape index (κ2) is 8.26. The van der Waals surface area contributed by atoms with Gasteiger partial charge in [-0.1, -0.05) is 29.0 Å². The van der Waals surface area contributed by atoms with E-state index in [0.29, 0.717) is 27.8 Å². The zero-order valence-corrected chi connectivity index (χ0v) is 16.7. The van der Waals surface area contributed by atoms with Gasteiger partial charge in [0.15, 0.2) is 0 Å². The lowest BCUT2D eigenvalue weighted by molar-refractivity contribution is 0.0735. The van der Waals surface area contributed by atoms with E-state index in [2.05, 4.69) is 15.5 Å². The van der Waals surface area contributed by atoms with Gasteiger partial charge < -0.3 is 10.2 Å². The number of amides is 2. The molecule has 0 aliphatic carbocycles. The molecular weight excluding hydrogens is 415 g/mol. The maximum Gasteiger partial charge on any atom is 0.286 e. The average molecular weight is 431 g/mol. The second-order valence-corrected chi connectivity index (χ2v) is 8.02. The van der Waals surface area contributed by atoms with Crippen molar-refractivity contribution in [3.8, 4) is 0 Å². The van der Waals surface area contributed by atoms with Crippen molar-refractivity contribution in [1.82, 2.24) is 15.1 Å². The monoisotopic (exact) mass is 430 g/mol. The summed E-state index contributed by atoms with van der Waals surface area (Å²) >= 11 is 7.04. The Balaban J connectivity index is 1.49. The minimum absolute atomic E-state index is 0.106.